The highest BCUT2D eigenvalue weighted by atomic mass is 32.2. The summed E-state index contributed by atoms with van der Waals surface area (Å²) >= 11 is 4.20. The van der Waals surface area contributed by atoms with Crippen molar-refractivity contribution < 1.29 is 0 Å². The summed E-state index contributed by atoms with van der Waals surface area (Å²) in [6, 6.07) is 2.63. The highest BCUT2D eigenvalue weighted by Gasteiger charge is 2.27. The molecule has 0 saturated carbocycles. The minimum absolute atomic E-state index is 0.449. The Bertz CT molecular complexity index is 348. The number of nitrogens with zero attached hydrogens (tertiary/aromatic N) is 2. The fraction of sp³-hybridized carbons (Fsp3) is 0.769. The molecule has 2 unspecified atom stereocenters. The van der Waals surface area contributed by atoms with Crippen molar-refractivity contribution in [1.29, 1.82) is 0 Å². The maximum atomic E-state index is 4.42. The summed E-state index contributed by atoms with van der Waals surface area (Å²) in [5.41, 5.74) is 1.35. The van der Waals surface area contributed by atoms with Crippen molar-refractivity contribution in [2.45, 2.75) is 38.1 Å². The van der Waals surface area contributed by atoms with Crippen LogP contribution in [0.3, 0.4) is 0 Å². The van der Waals surface area contributed by atoms with Gasteiger partial charge in [-0.25, -0.2) is 0 Å². The lowest BCUT2D eigenvalue weighted by atomic mass is 10.1. The average molecular weight is 285 g/mol. The number of aromatic nitrogens is 2. The zero-order valence-corrected chi connectivity index (χ0v) is 12.9. The Morgan fingerprint density at radius 3 is 3.06 bits per heavy atom. The second-order valence-corrected chi connectivity index (χ2v) is 6.98. The number of nitrogens with one attached hydrogen (secondary N) is 1. The predicted molar refractivity (Wildman–Crippen MR) is 82.5 cm³/mol. The molecular formula is C13H23N3S2. The summed E-state index contributed by atoms with van der Waals surface area (Å²) in [6.07, 6.45) is 3.11. The van der Waals surface area contributed by atoms with Gasteiger partial charge in [-0.3, -0.25) is 4.68 Å². The van der Waals surface area contributed by atoms with E-state index < -0.39 is 0 Å². The van der Waals surface area contributed by atoms with Crippen LogP contribution in [0.25, 0.3) is 0 Å². The smallest absolute Gasteiger partial charge is 0.0620 e. The van der Waals surface area contributed by atoms with Crippen LogP contribution < -0.4 is 5.32 Å². The molecule has 3 nitrogen and oxygen atoms in total. The molecule has 18 heavy (non-hydrogen) atoms. The van der Waals surface area contributed by atoms with Gasteiger partial charge < -0.3 is 5.32 Å². The number of aryl methyl sites for hydroxylation is 1. The van der Waals surface area contributed by atoms with Crippen molar-refractivity contribution in [2.24, 2.45) is 0 Å². The van der Waals surface area contributed by atoms with Crippen LogP contribution >= 0.6 is 23.5 Å². The van der Waals surface area contributed by atoms with E-state index in [9.17, 15) is 0 Å². The van der Waals surface area contributed by atoms with Crippen molar-refractivity contribution >= 4 is 23.5 Å². The third kappa shape index (κ3) is 3.45. The van der Waals surface area contributed by atoms with Crippen LogP contribution in [0, 0.1) is 0 Å². The maximum absolute atomic E-state index is 4.42. The van der Waals surface area contributed by atoms with Crippen LogP contribution in [0.4, 0.5) is 0 Å². The third-order valence-corrected chi connectivity index (χ3v) is 6.06. The molecule has 0 aromatic carbocycles. The number of rotatable bonds is 6. The third-order valence-electron chi connectivity index (χ3n) is 3.20. The van der Waals surface area contributed by atoms with Crippen molar-refractivity contribution in [3.05, 3.63) is 18.0 Å². The minimum atomic E-state index is 0.449. The molecule has 5 heteroatoms. The largest absolute Gasteiger partial charge is 0.308 e. The van der Waals surface area contributed by atoms with Crippen molar-refractivity contribution in [1.82, 2.24) is 15.1 Å². The Balaban J connectivity index is 2.12. The molecule has 0 amide bonds. The molecule has 1 N–H and O–H groups in total. The van der Waals surface area contributed by atoms with Gasteiger partial charge in [0.1, 0.15) is 0 Å². The van der Waals surface area contributed by atoms with Crippen LogP contribution in [0.2, 0.25) is 0 Å². The lowest BCUT2D eigenvalue weighted by Gasteiger charge is -2.30. The molecular weight excluding hydrogens is 262 g/mol. The van der Waals surface area contributed by atoms with E-state index in [4.69, 9.17) is 0 Å². The molecule has 0 spiro atoms. The second kappa shape index (κ2) is 7.46. The van der Waals surface area contributed by atoms with Crippen LogP contribution in [-0.4, -0.2) is 38.8 Å². The van der Waals surface area contributed by atoms with Gasteiger partial charge in [-0.2, -0.15) is 28.6 Å². The van der Waals surface area contributed by atoms with Gasteiger partial charge in [-0.05, 0) is 26.0 Å². The number of hydrogen-bond donors (Lipinski definition) is 1. The summed E-state index contributed by atoms with van der Waals surface area (Å²) in [6.45, 7) is 6.43. The van der Waals surface area contributed by atoms with Crippen molar-refractivity contribution in [3.63, 3.8) is 0 Å². The molecule has 2 heterocycles. The van der Waals surface area contributed by atoms with Gasteiger partial charge in [0.15, 0.2) is 0 Å². The standard InChI is InChI=1S/C13H23N3S2/c1-3-6-14-13(12-10-17-8-9-18-12)11-5-7-15-16(11)4-2/h5,7,12-14H,3-4,6,8-10H2,1-2H3. The summed E-state index contributed by atoms with van der Waals surface area (Å²) < 4.78 is 2.13. The van der Waals surface area contributed by atoms with E-state index in [-0.39, 0.29) is 0 Å². The van der Waals surface area contributed by atoms with E-state index in [2.05, 4.69) is 58.5 Å². The Morgan fingerprint density at radius 1 is 1.50 bits per heavy atom. The lowest BCUT2D eigenvalue weighted by molar-refractivity contribution is 0.480. The van der Waals surface area contributed by atoms with Crippen molar-refractivity contribution in [2.75, 3.05) is 23.8 Å². The van der Waals surface area contributed by atoms with Crippen LogP contribution in [0.15, 0.2) is 12.3 Å². The Morgan fingerprint density at radius 2 is 2.39 bits per heavy atom. The van der Waals surface area contributed by atoms with Gasteiger partial charge in [0.25, 0.3) is 0 Å². The molecule has 1 aromatic rings. The summed E-state index contributed by atoms with van der Waals surface area (Å²) in [5.74, 6) is 3.83. The van der Waals surface area contributed by atoms with Gasteiger partial charge in [0, 0.05) is 35.3 Å². The summed E-state index contributed by atoms with van der Waals surface area (Å²) in [5, 5.41) is 8.82. The topological polar surface area (TPSA) is 29.9 Å². The Labute approximate surface area is 118 Å². The Hall–Kier alpha value is -0.130. The highest BCUT2D eigenvalue weighted by molar-refractivity contribution is 8.06. The monoisotopic (exact) mass is 285 g/mol. The normalized spacial score (nSPS) is 22.0. The fourth-order valence-corrected chi connectivity index (χ4v) is 5.15. The van der Waals surface area contributed by atoms with Gasteiger partial charge in [0.2, 0.25) is 0 Å². The molecule has 102 valence electrons. The zero-order chi connectivity index (χ0) is 12.8. The molecule has 1 aromatic heterocycles. The van der Waals surface area contributed by atoms with E-state index in [1.165, 1.54) is 29.4 Å². The van der Waals surface area contributed by atoms with Crippen LogP contribution in [0.1, 0.15) is 32.0 Å². The molecule has 1 saturated heterocycles. The molecule has 0 bridgehead atoms. The summed E-state index contributed by atoms with van der Waals surface area (Å²) in [4.78, 5) is 0. The molecule has 2 rings (SSSR count). The lowest BCUT2D eigenvalue weighted by Crippen LogP contribution is -2.35. The van der Waals surface area contributed by atoms with E-state index in [1.54, 1.807) is 0 Å². The zero-order valence-electron chi connectivity index (χ0n) is 11.3. The van der Waals surface area contributed by atoms with E-state index in [1.807, 2.05) is 6.20 Å². The van der Waals surface area contributed by atoms with Gasteiger partial charge >= 0.3 is 0 Å². The number of thioether (sulfide) groups is 2. The van der Waals surface area contributed by atoms with E-state index in [0.717, 1.165) is 13.1 Å². The molecule has 1 aliphatic heterocycles. The molecule has 1 aliphatic rings. The highest BCUT2D eigenvalue weighted by Crippen LogP contribution is 2.33. The first-order chi connectivity index (χ1) is 8.86. The van der Waals surface area contributed by atoms with Crippen molar-refractivity contribution in [3.8, 4) is 0 Å². The number of hydrogen-bond acceptors (Lipinski definition) is 4. The van der Waals surface area contributed by atoms with E-state index >= 15 is 0 Å². The van der Waals surface area contributed by atoms with Gasteiger partial charge in [-0.1, -0.05) is 6.92 Å². The quantitative estimate of drug-likeness (QED) is 0.870. The predicted octanol–water partition coefficient (Wildman–Crippen LogP) is 2.79. The first-order valence-corrected chi connectivity index (χ1v) is 9.01. The molecule has 1 fully saturated rings. The first kappa shape index (κ1) is 14.3. The van der Waals surface area contributed by atoms with Gasteiger partial charge in [-0.15, -0.1) is 0 Å². The minimum Gasteiger partial charge on any atom is -0.308 e. The van der Waals surface area contributed by atoms with Crippen LogP contribution in [-0.2, 0) is 6.54 Å². The average Bonchev–Trinajstić information content (AvgIpc) is 2.89. The molecule has 0 radical (unpaired) electrons. The van der Waals surface area contributed by atoms with Crippen LogP contribution in [0.5, 0.6) is 0 Å². The van der Waals surface area contributed by atoms with E-state index in [0.29, 0.717) is 11.3 Å². The first-order valence-electron chi connectivity index (χ1n) is 6.81. The van der Waals surface area contributed by atoms with Gasteiger partial charge in [0.05, 0.1) is 11.7 Å². The second-order valence-electron chi connectivity index (χ2n) is 4.49. The fourth-order valence-electron chi connectivity index (χ4n) is 2.30. The summed E-state index contributed by atoms with van der Waals surface area (Å²) in [7, 11) is 0. The molecule has 2 atom stereocenters. The molecule has 0 aliphatic carbocycles. The SMILES string of the molecule is CCCNC(c1ccnn1CC)C1CSCCS1. The maximum Gasteiger partial charge on any atom is 0.0620 e. The Kier molecular flexibility index (Phi) is 5.92.